The second-order valence-electron chi connectivity index (χ2n) is 6.37. The Morgan fingerprint density at radius 3 is 2.31 bits per heavy atom. The maximum Gasteiger partial charge on any atom is 0.356 e. The lowest BCUT2D eigenvalue weighted by molar-refractivity contribution is 0.0594. The summed E-state index contributed by atoms with van der Waals surface area (Å²) < 4.78 is 42.5. The van der Waals surface area contributed by atoms with E-state index in [2.05, 4.69) is 4.98 Å². The van der Waals surface area contributed by atoms with E-state index in [1.165, 1.54) is 43.5 Å². The number of ether oxygens (including phenoxy) is 3. The SMILES string of the molecule is COC(=O)c1cc(OCCCCCOc2ccc(F)cc2)c2cc(F)ccc2n1. The Kier molecular flexibility index (Phi) is 6.94. The monoisotopic (exact) mass is 401 g/mol. The molecule has 3 rings (SSSR count). The van der Waals surface area contributed by atoms with Gasteiger partial charge in [-0.3, -0.25) is 0 Å². The van der Waals surface area contributed by atoms with Crippen LogP contribution >= 0.6 is 0 Å². The summed E-state index contributed by atoms with van der Waals surface area (Å²) in [6, 6.07) is 11.5. The summed E-state index contributed by atoms with van der Waals surface area (Å²) in [6.45, 7) is 0.911. The number of halogens is 2. The molecule has 29 heavy (non-hydrogen) atoms. The second-order valence-corrected chi connectivity index (χ2v) is 6.37. The number of hydrogen-bond donors (Lipinski definition) is 0. The summed E-state index contributed by atoms with van der Waals surface area (Å²) in [5, 5.41) is 0.497. The summed E-state index contributed by atoms with van der Waals surface area (Å²) in [6.07, 6.45) is 2.40. The van der Waals surface area contributed by atoms with Crippen LogP contribution in [0.15, 0.2) is 48.5 Å². The molecule has 0 aliphatic carbocycles. The number of esters is 1. The van der Waals surface area contributed by atoms with Crippen LogP contribution in [-0.2, 0) is 4.74 Å². The summed E-state index contributed by atoms with van der Waals surface area (Å²) in [4.78, 5) is 16.0. The van der Waals surface area contributed by atoms with E-state index in [-0.39, 0.29) is 11.5 Å². The molecule has 0 amide bonds. The minimum Gasteiger partial charge on any atom is -0.494 e. The van der Waals surface area contributed by atoms with Crippen LogP contribution in [0.2, 0.25) is 0 Å². The summed E-state index contributed by atoms with van der Waals surface area (Å²) >= 11 is 0. The van der Waals surface area contributed by atoms with E-state index in [0.717, 1.165) is 19.3 Å². The van der Waals surface area contributed by atoms with Crippen molar-refractivity contribution >= 4 is 16.9 Å². The zero-order chi connectivity index (χ0) is 20.6. The van der Waals surface area contributed by atoms with Gasteiger partial charge in [-0.25, -0.2) is 18.6 Å². The van der Waals surface area contributed by atoms with E-state index in [9.17, 15) is 13.6 Å². The molecule has 5 nitrogen and oxygen atoms in total. The molecule has 0 N–H and O–H groups in total. The first-order chi connectivity index (χ1) is 14.1. The van der Waals surface area contributed by atoms with Crippen LogP contribution in [0.1, 0.15) is 29.8 Å². The molecule has 0 bridgehead atoms. The smallest absolute Gasteiger partial charge is 0.356 e. The van der Waals surface area contributed by atoms with E-state index in [0.29, 0.717) is 35.6 Å². The van der Waals surface area contributed by atoms with Crippen molar-refractivity contribution < 1.29 is 27.8 Å². The Morgan fingerprint density at radius 2 is 1.59 bits per heavy atom. The Bertz CT molecular complexity index is 976. The van der Waals surface area contributed by atoms with Crippen LogP contribution < -0.4 is 9.47 Å². The van der Waals surface area contributed by atoms with Crippen molar-refractivity contribution in [2.75, 3.05) is 20.3 Å². The molecular weight excluding hydrogens is 380 g/mol. The Balaban J connectivity index is 1.52. The van der Waals surface area contributed by atoms with Crippen molar-refractivity contribution in [3.63, 3.8) is 0 Å². The first kappa shape index (κ1) is 20.5. The van der Waals surface area contributed by atoms with Gasteiger partial charge in [0, 0.05) is 11.5 Å². The molecular formula is C22H21F2NO4. The highest BCUT2D eigenvalue weighted by Gasteiger charge is 2.14. The highest BCUT2D eigenvalue weighted by molar-refractivity contribution is 5.94. The molecule has 152 valence electrons. The zero-order valence-corrected chi connectivity index (χ0v) is 16.0. The molecule has 0 spiro atoms. The molecule has 0 aliphatic rings. The predicted octanol–water partition coefficient (Wildman–Crippen LogP) is 4.93. The molecule has 0 radical (unpaired) electrons. The average Bonchev–Trinajstić information content (AvgIpc) is 2.73. The van der Waals surface area contributed by atoms with Gasteiger partial charge in [-0.15, -0.1) is 0 Å². The number of nitrogens with zero attached hydrogens (tertiary/aromatic N) is 1. The number of carbonyl (C=O) groups excluding carboxylic acids is 1. The third kappa shape index (κ3) is 5.63. The van der Waals surface area contributed by atoms with Gasteiger partial charge in [-0.05, 0) is 61.7 Å². The predicted molar refractivity (Wildman–Crippen MR) is 104 cm³/mol. The van der Waals surface area contributed by atoms with Crippen LogP contribution in [0, 0.1) is 11.6 Å². The standard InChI is InChI=1S/C22H21F2NO4/c1-27-22(26)20-14-21(18-13-16(24)7-10-19(18)25-20)29-12-4-2-3-11-28-17-8-5-15(23)6-9-17/h5-10,13-14H,2-4,11-12H2,1H3. The lowest BCUT2D eigenvalue weighted by Crippen LogP contribution is -2.07. The highest BCUT2D eigenvalue weighted by atomic mass is 19.1. The molecule has 3 aromatic rings. The molecule has 0 aliphatic heterocycles. The fraction of sp³-hybridized carbons (Fsp3) is 0.273. The molecule has 2 aromatic carbocycles. The van der Waals surface area contributed by atoms with Gasteiger partial charge in [0.2, 0.25) is 0 Å². The lowest BCUT2D eigenvalue weighted by atomic mass is 10.1. The number of aromatic nitrogens is 1. The van der Waals surface area contributed by atoms with Gasteiger partial charge in [0.15, 0.2) is 5.69 Å². The molecule has 7 heteroatoms. The molecule has 0 saturated heterocycles. The van der Waals surface area contributed by atoms with E-state index < -0.39 is 11.8 Å². The molecule has 0 unspecified atom stereocenters. The van der Waals surface area contributed by atoms with Crippen molar-refractivity contribution in [1.82, 2.24) is 4.98 Å². The topological polar surface area (TPSA) is 57.7 Å². The number of fused-ring (bicyclic) bond motifs is 1. The average molecular weight is 401 g/mol. The van der Waals surface area contributed by atoms with E-state index in [4.69, 9.17) is 14.2 Å². The molecule has 0 atom stereocenters. The first-order valence-electron chi connectivity index (χ1n) is 9.26. The zero-order valence-electron chi connectivity index (χ0n) is 16.0. The molecule has 1 aromatic heterocycles. The normalized spacial score (nSPS) is 10.7. The van der Waals surface area contributed by atoms with Crippen molar-refractivity contribution in [2.45, 2.75) is 19.3 Å². The van der Waals surface area contributed by atoms with Crippen LogP contribution in [-0.4, -0.2) is 31.3 Å². The molecule has 1 heterocycles. The second kappa shape index (κ2) is 9.82. The van der Waals surface area contributed by atoms with E-state index in [1.807, 2.05) is 0 Å². The van der Waals surface area contributed by atoms with Crippen LogP contribution in [0.25, 0.3) is 10.9 Å². The fourth-order valence-corrected chi connectivity index (χ4v) is 2.78. The number of rotatable bonds is 9. The first-order valence-corrected chi connectivity index (χ1v) is 9.26. The minimum atomic E-state index is -0.584. The minimum absolute atomic E-state index is 0.106. The summed E-state index contributed by atoms with van der Waals surface area (Å²) in [7, 11) is 1.27. The van der Waals surface area contributed by atoms with Crippen molar-refractivity contribution in [1.29, 1.82) is 0 Å². The van der Waals surface area contributed by atoms with Gasteiger partial charge < -0.3 is 14.2 Å². The van der Waals surface area contributed by atoms with Gasteiger partial charge in [0.25, 0.3) is 0 Å². The molecule has 0 fully saturated rings. The van der Waals surface area contributed by atoms with Crippen molar-refractivity contribution in [2.24, 2.45) is 0 Å². The van der Waals surface area contributed by atoms with Crippen LogP contribution in [0.4, 0.5) is 8.78 Å². The fourth-order valence-electron chi connectivity index (χ4n) is 2.78. The number of carbonyl (C=O) groups is 1. The van der Waals surface area contributed by atoms with Gasteiger partial charge in [0.05, 0.1) is 25.8 Å². The third-order valence-corrected chi connectivity index (χ3v) is 4.26. The molecule has 0 saturated carbocycles. The summed E-state index contributed by atoms with van der Waals surface area (Å²) in [5.74, 6) is -0.277. The summed E-state index contributed by atoms with van der Waals surface area (Å²) in [5.41, 5.74) is 0.561. The Hall–Kier alpha value is -3.22. The highest BCUT2D eigenvalue weighted by Crippen LogP contribution is 2.27. The van der Waals surface area contributed by atoms with Crippen molar-refractivity contribution in [3.8, 4) is 11.5 Å². The van der Waals surface area contributed by atoms with E-state index >= 15 is 0 Å². The van der Waals surface area contributed by atoms with E-state index in [1.54, 1.807) is 12.1 Å². The van der Waals surface area contributed by atoms with Crippen molar-refractivity contribution in [3.05, 3.63) is 65.9 Å². The van der Waals surface area contributed by atoms with Crippen LogP contribution in [0.5, 0.6) is 11.5 Å². The van der Waals surface area contributed by atoms with Gasteiger partial charge in [-0.2, -0.15) is 0 Å². The van der Waals surface area contributed by atoms with Gasteiger partial charge in [0.1, 0.15) is 23.1 Å². The maximum atomic E-state index is 13.6. The Morgan fingerprint density at radius 1 is 0.897 bits per heavy atom. The van der Waals surface area contributed by atoms with Gasteiger partial charge >= 0.3 is 5.97 Å². The number of methoxy groups -OCH3 is 1. The maximum absolute atomic E-state index is 13.6. The number of pyridine rings is 1. The lowest BCUT2D eigenvalue weighted by Gasteiger charge is -2.11. The largest absolute Gasteiger partial charge is 0.494 e. The van der Waals surface area contributed by atoms with Crippen LogP contribution in [0.3, 0.4) is 0 Å². The van der Waals surface area contributed by atoms with Gasteiger partial charge in [-0.1, -0.05) is 0 Å². The number of benzene rings is 2. The number of unbranched alkanes of at least 4 members (excludes halogenated alkanes) is 2. The quantitative estimate of drug-likeness (QED) is 0.376. The third-order valence-electron chi connectivity index (χ3n) is 4.26. The Labute approximate surface area is 167 Å². The number of hydrogen-bond acceptors (Lipinski definition) is 5.